The summed E-state index contributed by atoms with van der Waals surface area (Å²) in [6.07, 6.45) is -4.71. The van der Waals surface area contributed by atoms with E-state index in [1.54, 1.807) is 24.3 Å². The molecule has 27 heavy (non-hydrogen) atoms. The molecule has 0 bridgehead atoms. The van der Waals surface area contributed by atoms with E-state index in [2.05, 4.69) is 10.4 Å². The molecular formula is C17H18F3N3O4. The van der Waals surface area contributed by atoms with Crippen molar-refractivity contribution >= 4 is 11.9 Å². The van der Waals surface area contributed by atoms with Crippen molar-refractivity contribution in [2.75, 3.05) is 7.11 Å². The fourth-order valence-electron chi connectivity index (χ4n) is 2.20. The maximum absolute atomic E-state index is 12.5. The maximum Gasteiger partial charge on any atom is 0.435 e. The van der Waals surface area contributed by atoms with Crippen molar-refractivity contribution in [1.82, 2.24) is 15.1 Å². The van der Waals surface area contributed by atoms with Gasteiger partial charge in [-0.2, -0.15) is 18.3 Å². The quantitative estimate of drug-likeness (QED) is 0.739. The summed E-state index contributed by atoms with van der Waals surface area (Å²) in [5, 5.41) is 5.84. The van der Waals surface area contributed by atoms with E-state index in [1.807, 2.05) is 0 Å². The lowest BCUT2D eigenvalue weighted by molar-refractivity contribution is -0.156. The SMILES string of the molecule is COc1ccccc1CNC(=O)C(C)OC(=O)Cn1ccc(C(F)(F)F)n1. The van der Waals surface area contributed by atoms with Crippen molar-refractivity contribution < 1.29 is 32.2 Å². The van der Waals surface area contributed by atoms with Crippen LogP contribution in [0.25, 0.3) is 0 Å². The van der Waals surface area contributed by atoms with Crippen molar-refractivity contribution in [3.63, 3.8) is 0 Å². The monoisotopic (exact) mass is 385 g/mol. The number of halogens is 3. The number of carbonyl (C=O) groups is 2. The smallest absolute Gasteiger partial charge is 0.435 e. The second-order valence-electron chi connectivity index (χ2n) is 5.56. The van der Waals surface area contributed by atoms with Crippen LogP contribution in [0.1, 0.15) is 18.2 Å². The molecule has 0 aliphatic carbocycles. The molecule has 1 heterocycles. The van der Waals surface area contributed by atoms with Crippen LogP contribution in [-0.2, 0) is 33.6 Å². The Morgan fingerprint density at radius 1 is 1.26 bits per heavy atom. The summed E-state index contributed by atoms with van der Waals surface area (Å²) in [6, 6.07) is 7.83. The van der Waals surface area contributed by atoms with Gasteiger partial charge in [0.15, 0.2) is 11.8 Å². The molecule has 0 saturated heterocycles. The van der Waals surface area contributed by atoms with Crippen LogP contribution < -0.4 is 10.1 Å². The van der Waals surface area contributed by atoms with Gasteiger partial charge in [0.2, 0.25) is 0 Å². The largest absolute Gasteiger partial charge is 0.496 e. The zero-order valence-electron chi connectivity index (χ0n) is 14.6. The van der Waals surface area contributed by atoms with E-state index in [4.69, 9.17) is 9.47 Å². The third-order valence-electron chi connectivity index (χ3n) is 3.55. The van der Waals surface area contributed by atoms with Gasteiger partial charge in [-0.1, -0.05) is 18.2 Å². The molecule has 0 spiro atoms. The molecule has 1 aromatic heterocycles. The first-order valence-electron chi connectivity index (χ1n) is 7.90. The van der Waals surface area contributed by atoms with E-state index in [9.17, 15) is 22.8 Å². The van der Waals surface area contributed by atoms with Gasteiger partial charge in [0.1, 0.15) is 12.3 Å². The van der Waals surface area contributed by atoms with E-state index in [0.29, 0.717) is 5.75 Å². The number of esters is 1. The number of hydrogen-bond acceptors (Lipinski definition) is 5. The summed E-state index contributed by atoms with van der Waals surface area (Å²) in [4.78, 5) is 23.8. The third kappa shape index (κ3) is 5.73. The molecule has 146 valence electrons. The molecular weight excluding hydrogens is 367 g/mol. The molecule has 1 atom stereocenters. The predicted octanol–water partition coefficient (Wildman–Crippen LogP) is 2.16. The van der Waals surface area contributed by atoms with E-state index in [0.717, 1.165) is 22.5 Å². The van der Waals surface area contributed by atoms with Crippen LogP contribution in [0.4, 0.5) is 13.2 Å². The third-order valence-corrected chi connectivity index (χ3v) is 3.55. The number of methoxy groups -OCH3 is 1. The van der Waals surface area contributed by atoms with Gasteiger partial charge in [-0.15, -0.1) is 0 Å². The summed E-state index contributed by atoms with van der Waals surface area (Å²) in [7, 11) is 1.50. The number of ether oxygens (including phenoxy) is 2. The minimum absolute atomic E-state index is 0.166. The van der Waals surface area contributed by atoms with Crippen LogP contribution in [0.3, 0.4) is 0 Å². The van der Waals surface area contributed by atoms with Crippen molar-refractivity contribution in [3.05, 3.63) is 47.8 Å². The Morgan fingerprint density at radius 3 is 2.59 bits per heavy atom. The van der Waals surface area contributed by atoms with Gasteiger partial charge in [-0.05, 0) is 19.1 Å². The zero-order valence-corrected chi connectivity index (χ0v) is 14.6. The van der Waals surface area contributed by atoms with E-state index in [1.165, 1.54) is 14.0 Å². The second-order valence-corrected chi connectivity index (χ2v) is 5.56. The van der Waals surface area contributed by atoms with E-state index < -0.39 is 36.4 Å². The van der Waals surface area contributed by atoms with E-state index in [-0.39, 0.29) is 6.54 Å². The number of alkyl halides is 3. The van der Waals surface area contributed by atoms with Gasteiger partial charge in [-0.3, -0.25) is 14.3 Å². The highest BCUT2D eigenvalue weighted by Crippen LogP contribution is 2.27. The fraction of sp³-hybridized carbons (Fsp3) is 0.353. The molecule has 0 fully saturated rings. The highest BCUT2D eigenvalue weighted by Gasteiger charge is 2.33. The number of aromatic nitrogens is 2. The molecule has 0 saturated carbocycles. The topological polar surface area (TPSA) is 82.5 Å². The van der Waals surface area contributed by atoms with Crippen LogP contribution in [0.2, 0.25) is 0 Å². The standard InChI is InChI=1S/C17H18F3N3O4/c1-11(16(25)21-9-12-5-3-4-6-13(12)26-2)27-15(24)10-23-8-7-14(22-23)17(18,19)20/h3-8,11H,9-10H2,1-2H3,(H,21,25). The Bertz CT molecular complexity index is 805. The van der Waals surface area contributed by atoms with E-state index >= 15 is 0 Å². The van der Waals surface area contributed by atoms with Crippen LogP contribution in [0, 0.1) is 0 Å². The first kappa shape index (κ1) is 20.3. The minimum Gasteiger partial charge on any atom is -0.496 e. The highest BCUT2D eigenvalue weighted by atomic mass is 19.4. The van der Waals surface area contributed by atoms with Gasteiger partial charge in [-0.25, -0.2) is 0 Å². The normalized spacial score (nSPS) is 12.3. The van der Waals surface area contributed by atoms with Crippen molar-refractivity contribution in [1.29, 1.82) is 0 Å². The Labute approximate surface area is 153 Å². The average molecular weight is 385 g/mol. The first-order valence-corrected chi connectivity index (χ1v) is 7.90. The second kappa shape index (κ2) is 8.56. The Hall–Kier alpha value is -3.04. The lowest BCUT2D eigenvalue weighted by Gasteiger charge is -2.14. The summed E-state index contributed by atoms with van der Waals surface area (Å²) < 4.78 is 48.3. The van der Waals surface area contributed by atoms with Crippen LogP contribution in [0.15, 0.2) is 36.5 Å². The number of nitrogens with one attached hydrogen (secondary N) is 1. The molecule has 1 amide bonds. The molecule has 1 aromatic carbocycles. The Balaban J connectivity index is 1.84. The zero-order chi connectivity index (χ0) is 20.0. The number of hydrogen-bond donors (Lipinski definition) is 1. The number of carbonyl (C=O) groups excluding carboxylic acids is 2. The molecule has 10 heteroatoms. The highest BCUT2D eigenvalue weighted by molar-refractivity contribution is 5.83. The molecule has 1 unspecified atom stereocenters. The van der Waals surface area contributed by atoms with Gasteiger partial charge >= 0.3 is 12.1 Å². The number of rotatable bonds is 7. The molecule has 2 aromatic rings. The fourth-order valence-corrected chi connectivity index (χ4v) is 2.20. The number of nitrogens with zero attached hydrogens (tertiary/aromatic N) is 2. The summed E-state index contributed by atoms with van der Waals surface area (Å²) in [5.74, 6) is -0.834. The number of amides is 1. The average Bonchev–Trinajstić information content (AvgIpc) is 3.08. The molecule has 2 rings (SSSR count). The minimum atomic E-state index is -4.60. The molecule has 0 radical (unpaired) electrons. The van der Waals surface area contributed by atoms with Gasteiger partial charge in [0.25, 0.3) is 5.91 Å². The molecule has 0 aliphatic heterocycles. The van der Waals surface area contributed by atoms with Crippen molar-refractivity contribution in [2.24, 2.45) is 0 Å². The lowest BCUT2D eigenvalue weighted by atomic mass is 10.2. The number of para-hydroxylation sites is 1. The maximum atomic E-state index is 12.5. The summed E-state index contributed by atoms with van der Waals surface area (Å²) in [5.41, 5.74) is -0.374. The lowest BCUT2D eigenvalue weighted by Crippen LogP contribution is -2.36. The summed E-state index contributed by atoms with van der Waals surface area (Å²) >= 11 is 0. The summed E-state index contributed by atoms with van der Waals surface area (Å²) in [6.45, 7) is 0.985. The van der Waals surface area contributed by atoms with Crippen molar-refractivity contribution in [3.8, 4) is 5.75 Å². The molecule has 7 nitrogen and oxygen atoms in total. The van der Waals surface area contributed by atoms with Crippen LogP contribution in [-0.4, -0.2) is 34.9 Å². The van der Waals surface area contributed by atoms with Crippen LogP contribution >= 0.6 is 0 Å². The molecule has 1 N–H and O–H groups in total. The Kier molecular flexibility index (Phi) is 6.43. The van der Waals surface area contributed by atoms with Gasteiger partial charge in [0.05, 0.1) is 7.11 Å². The van der Waals surface area contributed by atoms with Crippen LogP contribution in [0.5, 0.6) is 5.75 Å². The first-order chi connectivity index (χ1) is 12.7. The van der Waals surface area contributed by atoms with Crippen molar-refractivity contribution in [2.45, 2.75) is 32.3 Å². The predicted molar refractivity (Wildman–Crippen MR) is 87.6 cm³/mol. The van der Waals surface area contributed by atoms with Gasteiger partial charge in [0, 0.05) is 18.3 Å². The van der Waals surface area contributed by atoms with Gasteiger partial charge < -0.3 is 14.8 Å². The Morgan fingerprint density at radius 2 is 1.96 bits per heavy atom. The number of benzene rings is 1. The molecule has 0 aliphatic rings.